The number of halogens is 1. The highest BCUT2D eigenvalue weighted by Gasteiger charge is 2.38. The second kappa shape index (κ2) is 7.22. The van der Waals surface area contributed by atoms with E-state index in [1.165, 1.54) is 0 Å². The number of carbonyl (C=O) groups is 1. The van der Waals surface area contributed by atoms with Gasteiger partial charge in [-0.25, -0.2) is 0 Å². The molecule has 0 radical (unpaired) electrons. The first-order valence-corrected chi connectivity index (χ1v) is 7.45. The van der Waals surface area contributed by atoms with Crippen molar-refractivity contribution in [3.05, 3.63) is 34.9 Å². The lowest BCUT2D eigenvalue weighted by Gasteiger charge is -2.34. The van der Waals surface area contributed by atoms with Gasteiger partial charge < -0.3 is 20.9 Å². The molecule has 0 bridgehead atoms. The summed E-state index contributed by atoms with van der Waals surface area (Å²) in [4.78, 5) is 12.4. The minimum atomic E-state index is -0.763. The minimum Gasteiger partial charge on any atom is -0.387 e. The molecule has 1 fully saturated rings. The van der Waals surface area contributed by atoms with Crippen LogP contribution in [0.25, 0.3) is 0 Å². The third-order valence-electron chi connectivity index (χ3n) is 4.03. The summed E-state index contributed by atoms with van der Waals surface area (Å²) >= 11 is 5.81. The van der Waals surface area contributed by atoms with E-state index in [0.717, 1.165) is 0 Å². The van der Waals surface area contributed by atoms with E-state index >= 15 is 0 Å². The predicted molar refractivity (Wildman–Crippen MR) is 81.0 cm³/mol. The van der Waals surface area contributed by atoms with Gasteiger partial charge in [-0.3, -0.25) is 4.79 Å². The monoisotopic (exact) mass is 312 g/mol. The summed E-state index contributed by atoms with van der Waals surface area (Å²) in [5.41, 5.74) is 5.92. The number of ether oxygens (including phenoxy) is 1. The summed E-state index contributed by atoms with van der Waals surface area (Å²) in [6.45, 7) is 1.54. The molecule has 1 aliphatic rings. The normalized spacial score (nSPS) is 19.0. The summed E-state index contributed by atoms with van der Waals surface area (Å²) in [6, 6.07) is 6.90. The fraction of sp³-hybridized carbons (Fsp3) is 0.533. The summed E-state index contributed by atoms with van der Waals surface area (Å²) in [5, 5.41) is 13.5. The second-order valence-electron chi connectivity index (χ2n) is 5.37. The lowest BCUT2D eigenvalue weighted by molar-refractivity contribution is -0.136. The number of nitrogens with two attached hydrogens (primary N) is 1. The van der Waals surface area contributed by atoms with Crippen LogP contribution in [-0.2, 0) is 9.53 Å². The van der Waals surface area contributed by atoms with E-state index in [4.69, 9.17) is 22.1 Å². The van der Waals surface area contributed by atoms with Crippen LogP contribution in [0.5, 0.6) is 0 Å². The Hall–Kier alpha value is -1.14. The molecule has 5 nitrogen and oxygen atoms in total. The Balaban J connectivity index is 1.92. The fourth-order valence-electron chi connectivity index (χ4n) is 2.47. The Bertz CT molecular complexity index is 472. The molecule has 4 N–H and O–H groups in total. The number of hydrogen-bond donors (Lipinski definition) is 3. The Kier molecular flexibility index (Phi) is 5.58. The van der Waals surface area contributed by atoms with Crippen LogP contribution >= 0.6 is 11.6 Å². The number of aliphatic hydroxyl groups is 1. The molecule has 2 rings (SSSR count). The van der Waals surface area contributed by atoms with Crippen LogP contribution in [0, 0.1) is 5.41 Å². The zero-order valence-electron chi connectivity index (χ0n) is 11.8. The largest absolute Gasteiger partial charge is 0.387 e. The molecule has 116 valence electrons. The second-order valence-corrected chi connectivity index (χ2v) is 5.81. The van der Waals surface area contributed by atoms with E-state index in [-0.39, 0.29) is 12.5 Å². The molecule has 1 aromatic carbocycles. The number of aliphatic hydroxyl groups excluding tert-OH is 1. The molecule has 1 aliphatic heterocycles. The smallest absolute Gasteiger partial charge is 0.227 e. The van der Waals surface area contributed by atoms with Gasteiger partial charge in [0.2, 0.25) is 5.91 Å². The zero-order chi connectivity index (χ0) is 15.3. The maximum atomic E-state index is 12.4. The van der Waals surface area contributed by atoms with Gasteiger partial charge in [0, 0.05) is 31.3 Å². The van der Waals surface area contributed by atoms with E-state index in [1.807, 2.05) is 0 Å². The molecular weight excluding hydrogens is 292 g/mol. The molecule has 21 heavy (non-hydrogen) atoms. The van der Waals surface area contributed by atoms with Crippen molar-refractivity contribution in [1.82, 2.24) is 5.32 Å². The Morgan fingerprint density at radius 1 is 1.38 bits per heavy atom. The van der Waals surface area contributed by atoms with E-state index in [9.17, 15) is 9.90 Å². The fourth-order valence-corrected chi connectivity index (χ4v) is 2.59. The van der Waals surface area contributed by atoms with E-state index in [1.54, 1.807) is 24.3 Å². The van der Waals surface area contributed by atoms with Crippen molar-refractivity contribution < 1.29 is 14.6 Å². The molecule has 6 heteroatoms. The van der Waals surface area contributed by atoms with Gasteiger partial charge in [0.25, 0.3) is 0 Å². The lowest BCUT2D eigenvalue weighted by atomic mass is 9.79. The van der Waals surface area contributed by atoms with Gasteiger partial charge in [-0.05, 0) is 30.5 Å². The highest BCUT2D eigenvalue weighted by Crippen LogP contribution is 2.29. The topological polar surface area (TPSA) is 84.6 Å². The highest BCUT2D eigenvalue weighted by molar-refractivity contribution is 6.30. The first kappa shape index (κ1) is 16.2. The summed E-state index contributed by atoms with van der Waals surface area (Å²) in [7, 11) is 0. The summed E-state index contributed by atoms with van der Waals surface area (Å²) in [6.07, 6.45) is 0.472. The summed E-state index contributed by atoms with van der Waals surface area (Å²) in [5.74, 6) is -0.110. The molecule has 1 aromatic rings. The van der Waals surface area contributed by atoms with Crippen LogP contribution in [0.1, 0.15) is 24.5 Å². The molecular formula is C15H21ClN2O3. The van der Waals surface area contributed by atoms with Gasteiger partial charge >= 0.3 is 0 Å². The molecule has 0 aromatic heterocycles. The minimum absolute atomic E-state index is 0.110. The first-order valence-electron chi connectivity index (χ1n) is 7.07. The number of amides is 1. The molecule has 0 aliphatic carbocycles. The Morgan fingerprint density at radius 2 is 2.00 bits per heavy atom. The number of nitrogens with one attached hydrogen (secondary N) is 1. The Labute approximate surface area is 129 Å². The van der Waals surface area contributed by atoms with E-state index in [2.05, 4.69) is 5.32 Å². The van der Waals surface area contributed by atoms with Crippen molar-refractivity contribution in [3.8, 4) is 0 Å². The molecule has 1 unspecified atom stereocenters. The van der Waals surface area contributed by atoms with Crippen LogP contribution < -0.4 is 11.1 Å². The number of rotatable bonds is 5. The zero-order valence-corrected chi connectivity index (χ0v) is 12.6. The van der Waals surface area contributed by atoms with Crippen molar-refractivity contribution in [1.29, 1.82) is 0 Å². The maximum absolute atomic E-state index is 12.4. The van der Waals surface area contributed by atoms with Crippen molar-refractivity contribution in [3.63, 3.8) is 0 Å². The standard InChI is InChI=1S/C15H21ClN2O3/c16-12-3-1-11(2-4-12)13(19)9-18-14(20)15(10-17)5-7-21-8-6-15/h1-4,13,19H,5-10,17H2,(H,18,20). The van der Waals surface area contributed by atoms with Crippen molar-refractivity contribution in [2.45, 2.75) is 18.9 Å². The molecule has 1 saturated heterocycles. The predicted octanol–water partition coefficient (Wildman–Crippen LogP) is 1.25. The molecule has 1 heterocycles. The average molecular weight is 313 g/mol. The maximum Gasteiger partial charge on any atom is 0.227 e. The first-order chi connectivity index (χ1) is 10.1. The Morgan fingerprint density at radius 3 is 2.57 bits per heavy atom. The van der Waals surface area contributed by atoms with Crippen molar-refractivity contribution in [2.24, 2.45) is 11.1 Å². The lowest BCUT2D eigenvalue weighted by Crippen LogP contribution is -2.49. The van der Waals surface area contributed by atoms with Gasteiger partial charge in [0.1, 0.15) is 0 Å². The van der Waals surface area contributed by atoms with Crippen LogP contribution in [0.2, 0.25) is 5.02 Å². The van der Waals surface area contributed by atoms with E-state index in [0.29, 0.717) is 43.2 Å². The van der Waals surface area contributed by atoms with Gasteiger partial charge in [-0.2, -0.15) is 0 Å². The van der Waals surface area contributed by atoms with Gasteiger partial charge in [0.15, 0.2) is 0 Å². The highest BCUT2D eigenvalue weighted by atomic mass is 35.5. The number of carbonyl (C=O) groups excluding carboxylic acids is 1. The number of hydrogen-bond acceptors (Lipinski definition) is 4. The SMILES string of the molecule is NCC1(C(=O)NCC(O)c2ccc(Cl)cc2)CCOCC1. The molecule has 0 spiro atoms. The summed E-state index contributed by atoms with van der Waals surface area (Å²) < 4.78 is 5.29. The molecule has 0 saturated carbocycles. The third-order valence-corrected chi connectivity index (χ3v) is 4.29. The van der Waals surface area contributed by atoms with E-state index < -0.39 is 11.5 Å². The van der Waals surface area contributed by atoms with Gasteiger partial charge in [0.05, 0.1) is 11.5 Å². The molecule has 1 amide bonds. The van der Waals surface area contributed by atoms with Gasteiger partial charge in [-0.15, -0.1) is 0 Å². The van der Waals surface area contributed by atoms with Crippen LogP contribution in [0.4, 0.5) is 0 Å². The third kappa shape index (κ3) is 3.95. The van der Waals surface area contributed by atoms with Crippen LogP contribution in [0.15, 0.2) is 24.3 Å². The number of benzene rings is 1. The van der Waals surface area contributed by atoms with Crippen LogP contribution in [-0.4, -0.2) is 37.3 Å². The van der Waals surface area contributed by atoms with Crippen molar-refractivity contribution >= 4 is 17.5 Å². The quantitative estimate of drug-likeness (QED) is 0.764. The van der Waals surface area contributed by atoms with Gasteiger partial charge in [-0.1, -0.05) is 23.7 Å². The molecule has 1 atom stereocenters. The van der Waals surface area contributed by atoms with Crippen molar-refractivity contribution in [2.75, 3.05) is 26.3 Å². The average Bonchev–Trinajstić information content (AvgIpc) is 2.53. The van der Waals surface area contributed by atoms with Crippen LogP contribution in [0.3, 0.4) is 0 Å².